The maximum Gasteiger partial charge on any atom is 0.255 e. The van der Waals surface area contributed by atoms with Gasteiger partial charge in [-0.3, -0.25) is 52.7 Å². The van der Waals surface area contributed by atoms with E-state index in [1.807, 2.05) is 134 Å². The van der Waals surface area contributed by atoms with Crippen molar-refractivity contribution in [2.75, 3.05) is 45.1 Å². The maximum absolute atomic E-state index is 14.1. The van der Waals surface area contributed by atoms with E-state index in [1.54, 1.807) is 51.2 Å². The minimum atomic E-state index is -0.910. The zero-order valence-electron chi connectivity index (χ0n) is 84.4. The van der Waals surface area contributed by atoms with Crippen LogP contribution in [0.4, 0.5) is 13.8 Å². The van der Waals surface area contributed by atoms with Crippen LogP contribution in [0.2, 0.25) is 0 Å². The third-order valence-electron chi connectivity index (χ3n) is 29.5. The first-order chi connectivity index (χ1) is 67.7. The maximum atomic E-state index is 14.1. The average Bonchev–Trinajstić information content (AvgIpc) is 1.65. The predicted molar refractivity (Wildman–Crippen MR) is 545 cm³/mol. The van der Waals surface area contributed by atoms with Crippen LogP contribution in [0.1, 0.15) is 287 Å². The lowest BCUT2D eigenvalue weighted by molar-refractivity contribution is -0.147. The molecule has 0 bridgehead atoms. The van der Waals surface area contributed by atoms with E-state index in [0.29, 0.717) is 110 Å². The SMILES string of the molecule is C=C(N[C@H](C(=O)N1CCC[C@H]1C(=O)Nc1sc(-c2ncco2)nc1-c1ccccc1)C1CCCCC1)[C@H](C)CC.CC[C@@H](C)C(=O)N[C@@H](CC)C(=O)N1C[C@@H](O)C[C@H]1CC1=C(C)Cc2cc(F)ccc21.CC[C@@H](C)C(=O)N[C@H](C(=O)N1CCC[C@H]1c1nc(C(=O)c2ccc(F)cc2)cs1)C1CCCCC1.CN[C@@H](C)C(=O)N[C@H]1CN(C(=O)CC(C)C)CC[C@H]2CC[C@@H](C(=O)NC(C)c3ccccc3)N2C1=O. The third-order valence-corrected chi connectivity index (χ3v) is 31.4. The Morgan fingerprint density at radius 2 is 1.24 bits per heavy atom. The Labute approximate surface area is 837 Å². The van der Waals surface area contributed by atoms with E-state index >= 15 is 0 Å². The van der Waals surface area contributed by atoms with Gasteiger partial charge in [0.05, 0.1) is 30.4 Å². The lowest BCUT2D eigenvalue weighted by Gasteiger charge is -2.39. The highest BCUT2D eigenvalue weighted by Gasteiger charge is 2.48. The van der Waals surface area contributed by atoms with Gasteiger partial charge in [0.15, 0.2) is 5.01 Å². The molecule has 0 radical (unpaired) electrons. The number of oxazole rings is 1. The van der Waals surface area contributed by atoms with Gasteiger partial charge in [0, 0.05) is 85.3 Å². The number of likely N-dealkylation sites (tertiary alicyclic amines) is 3. The quantitative estimate of drug-likeness (QED) is 0.0177. The number of aliphatic hydroxyl groups excluding tert-OH is 1. The van der Waals surface area contributed by atoms with Crippen LogP contribution >= 0.6 is 22.7 Å². The predicted octanol–water partition coefficient (Wildman–Crippen LogP) is 16.8. The van der Waals surface area contributed by atoms with E-state index in [0.717, 1.165) is 128 Å². The largest absolute Gasteiger partial charge is 0.443 e. The number of ketones is 1. The number of thiazole rings is 2. The zero-order chi connectivity index (χ0) is 101. The number of aromatic nitrogens is 3. The minimum Gasteiger partial charge on any atom is -0.443 e. The lowest BCUT2D eigenvalue weighted by Crippen LogP contribution is -2.62. The fraction of sp³-hybridized carbons (Fsp3) is 0.560. The second-order valence-electron chi connectivity index (χ2n) is 39.9. The topological polar surface area (TPSA) is 360 Å². The van der Waals surface area contributed by atoms with Crippen LogP contribution in [0, 0.1) is 47.1 Å². The van der Waals surface area contributed by atoms with Gasteiger partial charge >= 0.3 is 0 Å². The summed E-state index contributed by atoms with van der Waals surface area (Å²) in [5.41, 5.74) is 8.47. The summed E-state index contributed by atoms with van der Waals surface area (Å²) < 4.78 is 32.3. The normalized spacial score (nSPS) is 21.5. The second-order valence-corrected chi connectivity index (χ2v) is 41.8. The molecule has 5 saturated heterocycles. The fourth-order valence-corrected chi connectivity index (χ4v) is 22.2. The molecule has 15 rings (SSSR count). The molecule has 8 aliphatic rings. The first-order valence-electron chi connectivity index (χ1n) is 51.3. The van der Waals surface area contributed by atoms with Gasteiger partial charge in [-0.15, -0.1) is 11.3 Å². The van der Waals surface area contributed by atoms with E-state index in [9.17, 15) is 66.6 Å². The van der Waals surface area contributed by atoms with Gasteiger partial charge in [0.1, 0.15) is 75.5 Å². The van der Waals surface area contributed by atoms with E-state index in [4.69, 9.17) is 9.40 Å². The number of amides is 10. The molecule has 141 heavy (non-hydrogen) atoms. The Balaban J connectivity index is 0.000000169. The summed E-state index contributed by atoms with van der Waals surface area (Å²) in [5, 5.41) is 35.4. The fourth-order valence-electron chi connectivity index (χ4n) is 20.4. The summed E-state index contributed by atoms with van der Waals surface area (Å²) in [6, 6.07) is 25.1. The summed E-state index contributed by atoms with van der Waals surface area (Å²) >= 11 is 2.70. The van der Waals surface area contributed by atoms with Gasteiger partial charge in [0.25, 0.3) is 5.89 Å². The van der Waals surface area contributed by atoms with Crippen molar-refractivity contribution < 1.29 is 71.0 Å². The van der Waals surface area contributed by atoms with Crippen molar-refractivity contribution in [3.8, 4) is 22.2 Å². The van der Waals surface area contributed by atoms with Crippen molar-refractivity contribution in [2.45, 2.75) is 316 Å². The molecule has 0 spiro atoms. The molecule has 2 saturated carbocycles. The molecule has 7 fully saturated rings. The van der Waals surface area contributed by atoms with Crippen molar-refractivity contribution in [1.82, 2.24) is 71.4 Å². The molecule has 3 aromatic heterocycles. The molecule has 8 heterocycles. The Hall–Kier alpha value is -11.2. The molecular weight excluding hydrogens is 1830 g/mol. The average molecular weight is 1980 g/mol. The Morgan fingerprint density at radius 3 is 1.87 bits per heavy atom. The van der Waals surface area contributed by atoms with Gasteiger partial charge in [-0.1, -0.05) is 191 Å². The molecular formula is C109H147F2N15O13S2. The standard InChI is InChI=1S/C31H39N5O3S.C27H34FN3O3S.C27H41N5O4.C24H33FN2O3/c1-4-20(2)21(3)33-26(23-14-9-6-10-15-23)31(38)36-18-11-16-24(36)27(37)35-29-25(22-12-7-5-8-13-22)34-30(40-29)28-32-17-19-39-28;1-3-17(2)25(33)30-23(18-8-5-4-6-9-18)27(34)31-15-7-10-22(31)26-29-21(16-35-26)24(32)19-11-13-20(28)14-12-19;1-17(2)15-24(33)31-14-13-21-11-12-23(26(35)29-18(3)20-9-7-6-8-10-20)32(21)27(36)22(16-31)30-25(34)19(4)28-5;1-5-14(3)23(29)26-22(6-2)24(30)27-13-19(28)11-18(27)12-21-15(4)9-16-10-17(25)7-8-20(16)21/h5,7-8,12-13,17,19-20,23-24,26,33H,3-4,6,9-11,14-16,18H2,1-2H3,(H,35,37);11-14,16-18,22-23H,3-10,15H2,1-2H3,(H,30,33);6-10,17-19,21-23,28H,11-16H2,1-5H3,(H,29,35)(H,30,34);7-8,10,14,18-19,22,28H,5-6,9,11-13H2,1-4H3,(H,26,29)/t20-,24+,26+;17-,22+,23+;18?,19-,21+,22-,23-;14-,18+,19+,22+/m1101/s1. The lowest BCUT2D eigenvalue weighted by atomic mass is 9.82. The Morgan fingerprint density at radius 1 is 0.617 bits per heavy atom. The highest BCUT2D eigenvalue weighted by atomic mass is 32.1. The number of hydrogen-bond donors (Lipinski definition) is 8. The van der Waals surface area contributed by atoms with Crippen LogP contribution in [-0.4, -0.2) is 210 Å². The number of nitrogens with one attached hydrogen (secondary N) is 7. The number of rotatable bonds is 33. The zero-order valence-corrected chi connectivity index (χ0v) is 86.0. The summed E-state index contributed by atoms with van der Waals surface area (Å²) in [6.45, 7) is 29.8. The van der Waals surface area contributed by atoms with E-state index in [2.05, 4.69) is 67.6 Å². The van der Waals surface area contributed by atoms with Crippen molar-refractivity contribution in [2.24, 2.45) is 35.5 Å². The number of likely N-dealkylation sites (N-methyl/N-ethyl adjacent to an activating group) is 1. The highest BCUT2D eigenvalue weighted by molar-refractivity contribution is 7.19. The number of hydrogen-bond acceptors (Lipinski definition) is 20. The number of halogens is 2. The number of nitrogens with zero attached hydrogens (tertiary/aromatic N) is 8. The third kappa shape index (κ3) is 28.0. The van der Waals surface area contributed by atoms with E-state index in [1.165, 1.54) is 77.7 Å². The highest BCUT2D eigenvalue weighted by Crippen LogP contribution is 2.43. The smallest absolute Gasteiger partial charge is 0.255 e. The van der Waals surface area contributed by atoms with Crippen molar-refractivity contribution in [3.05, 3.63) is 183 Å². The summed E-state index contributed by atoms with van der Waals surface area (Å²) in [7, 11) is 1.67. The van der Waals surface area contributed by atoms with Crippen LogP contribution in [0.15, 0.2) is 143 Å². The first kappa shape index (κ1) is 109. The molecule has 1 unspecified atom stereocenters. The Kier molecular flexibility index (Phi) is 39.8. The molecule has 32 heteroatoms. The summed E-state index contributed by atoms with van der Waals surface area (Å²) in [6.07, 6.45) is 23.3. The van der Waals surface area contributed by atoms with Crippen LogP contribution in [0.25, 0.3) is 27.7 Å². The van der Waals surface area contributed by atoms with Crippen LogP contribution in [0.5, 0.6) is 0 Å². The van der Waals surface area contributed by atoms with Crippen LogP contribution in [-0.2, 0) is 54.4 Å². The molecule has 8 N–H and O–H groups in total. The molecule has 3 aliphatic carbocycles. The number of β-amino-alcohol motifs (C(OH)–C–C–N with tert-alkyl or cyclic N) is 1. The van der Waals surface area contributed by atoms with Crippen molar-refractivity contribution >= 4 is 98.1 Å². The molecule has 4 aromatic carbocycles. The van der Waals surface area contributed by atoms with Gasteiger partial charge in [-0.2, -0.15) is 0 Å². The number of fused-ring (bicyclic) bond motifs is 2. The molecule has 28 nitrogen and oxygen atoms in total. The molecule has 15 atom stereocenters. The van der Waals surface area contributed by atoms with Gasteiger partial charge in [-0.05, 0) is 226 Å². The molecule has 7 aromatic rings. The Bertz CT molecular complexity index is 5450. The van der Waals surface area contributed by atoms with Gasteiger partial charge in [0.2, 0.25) is 64.9 Å². The van der Waals surface area contributed by atoms with Crippen molar-refractivity contribution in [3.63, 3.8) is 0 Å². The van der Waals surface area contributed by atoms with Gasteiger partial charge < -0.3 is 71.2 Å². The van der Waals surface area contributed by atoms with E-state index < -0.39 is 48.2 Å². The molecule has 5 aliphatic heterocycles. The van der Waals surface area contributed by atoms with Crippen molar-refractivity contribution in [1.29, 1.82) is 0 Å². The van der Waals surface area contributed by atoms with Gasteiger partial charge in [-0.25, -0.2) is 23.7 Å². The summed E-state index contributed by atoms with van der Waals surface area (Å²) in [4.78, 5) is 168. The molecule has 10 amide bonds. The second kappa shape index (κ2) is 51.6. The monoisotopic (exact) mass is 1980 g/mol. The van der Waals surface area contributed by atoms with Crippen LogP contribution in [0.3, 0.4) is 0 Å². The minimum absolute atomic E-state index is 0.0158. The number of benzene rings is 4. The number of anilines is 1. The number of carbonyl (C=O) groups excluding carboxylic acids is 11. The number of carbonyl (C=O) groups is 11. The molecule has 762 valence electrons. The number of aliphatic hydroxyl groups is 1. The number of allylic oxidation sites excluding steroid dienone is 2. The first-order valence-corrected chi connectivity index (χ1v) is 53.0. The van der Waals surface area contributed by atoms with E-state index in [-0.39, 0.29) is 149 Å². The summed E-state index contributed by atoms with van der Waals surface area (Å²) in [5.74, 6) is -1.23. The van der Waals surface area contributed by atoms with Crippen LogP contribution < -0.4 is 37.2 Å².